The monoisotopic (exact) mass is 287 g/mol. The SMILES string of the molecule is CCC(CC)N(CCO)C(=O)c1ccc(F)cc1Cl. The number of benzene rings is 1. The summed E-state index contributed by atoms with van der Waals surface area (Å²) < 4.78 is 13.0. The van der Waals surface area contributed by atoms with Gasteiger partial charge in [0.2, 0.25) is 0 Å². The molecule has 1 N–H and O–H groups in total. The van der Waals surface area contributed by atoms with Gasteiger partial charge in [-0.05, 0) is 31.0 Å². The van der Waals surface area contributed by atoms with E-state index < -0.39 is 5.82 Å². The Morgan fingerprint density at radius 3 is 2.53 bits per heavy atom. The van der Waals surface area contributed by atoms with Crippen molar-refractivity contribution in [2.24, 2.45) is 0 Å². The number of carbonyl (C=O) groups excluding carboxylic acids is 1. The van der Waals surface area contributed by atoms with Gasteiger partial charge in [-0.25, -0.2) is 4.39 Å². The Hall–Kier alpha value is -1.13. The summed E-state index contributed by atoms with van der Waals surface area (Å²) >= 11 is 5.91. The zero-order valence-electron chi connectivity index (χ0n) is 11.2. The third kappa shape index (κ3) is 3.91. The number of hydrogen-bond acceptors (Lipinski definition) is 2. The summed E-state index contributed by atoms with van der Waals surface area (Å²) in [5.74, 6) is -0.745. The van der Waals surface area contributed by atoms with Crippen LogP contribution in [0.15, 0.2) is 18.2 Å². The summed E-state index contributed by atoms with van der Waals surface area (Å²) in [6.07, 6.45) is 1.59. The predicted octanol–water partition coefficient (Wildman–Crippen LogP) is 3.10. The first-order valence-electron chi connectivity index (χ1n) is 6.42. The largest absolute Gasteiger partial charge is 0.395 e. The second kappa shape index (κ2) is 7.46. The summed E-state index contributed by atoms with van der Waals surface area (Å²) in [5, 5.41) is 9.20. The molecule has 0 bridgehead atoms. The smallest absolute Gasteiger partial charge is 0.255 e. The number of halogens is 2. The normalized spacial score (nSPS) is 10.8. The van der Waals surface area contributed by atoms with Gasteiger partial charge in [0.05, 0.1) is 17.2 Å². The molecule has 0 atom stereocenters. The minimum Gasteiger partial charge on any atom is -0.395 e. The molecule has 0 saturated heterocycles. The lowest BCUT2D eigenvalue weighted by Crippen LogP contribution is -2.41. The lowest BCUT2D eigenvalue weighted by Gasteiger charge is -2.30. The molecule has 0 radical (unpaired) electrons. The average molecular weight is 288 g/mol. The molecular weight excluding hydrogens is 269 g/mol. The molecule has 0 aromatic heterocycles. The van der Waals surface area contributed by atoms with E-state index in [2.05, 4.69) is 0 Å². The van der Waals surface area contributed by atoms with Gasteiger partial charge in [-0.2, -0.15) is 0 Å². The van der Waals surface area contributed by atoms with Crippen LogP contribution in [0.25, 0.3) is 0 Å². The minimum absolute atomic E-state index is 0.0424. The minimum atomic E-state index is -0.474. The van der Waals surface area contributed by atoms with E-state index in [9.17, 15) is 9.18 Å². The van der Waals surface area contributed by atoms with E-state index in [1.165, 1.54) is 12.1 Å². The van der Waals surface area contributed by atoms with Crippen molar-refractivity contribution in [2.75, 3.05) is 13.2 Å². The first-order chi connectivity index (χ1) is 9.04. The molecule has 106 valence electrons. The predicted molar refractivity (Wildman–Crippen MR) is 73.9 cm³/mol. The molecule has 0 aliphatic heterocycles. The quantitative estimate of drug-likeness (QED) is 0.873. The average Bonchev–Trinajstić information content (AvgIpc) is 2.38. The van der Waals surface area contributed by atoms with Crippen molar-refractivity contribution in [1.29, 1.82) is 0 Å². The Labute approximate surface area is 118 Å². The Balaban J connectivity index is 3.04. The van der Waals surface area contributed by atoms with Crippen molar-refractivity contribution in [3.8, 4) is 0 Å². The fourth-order valence-electron chi connectivity index (χ4n) is 2.10. The van der Waals surface area contributed by atoms with E-state index in [0.29, 0.717) is 0 Å². The molecule has 3 nitrogen and oxygen atoms in total. The lowest BCUT2D eigenvalue weighted by molar-refractivity contribution is 0.0622. The van der Waals surface area contributed by atoms with Crippen LogP contribution >= 0.6 is 11.6 Å². The molecule has 19 heavy (non-hydrogen) atoms. The third-order valence-electron chi connectivity index (χ3n) is 3.15. The van der Waals surface area contributed by atoms with E-state index in [4.69, 9.17) is 16.7 Å². The summed E-state index contributed by atoms with van der Waals surface area (Å²) in [6, 6.07) is 3.76. The van der Waals surface area contributed by atoms with Crippen molar-refractivity contribution in [2.45, 2.75) is 32.7 Å². The highest BCUT2D eigenvalue weighted by Gasteiger charge is 2.23. The molecule has 0 aliphatic rings. The molecule has 1 aromatic rings. The second-order valence-corrected chi connectivity index (χ2v) is 4.72. The van der Waals surface area contributed by atoms with E-state index in [1.54, 1.807) is 4.90 Å². The molecule has 0 heterocycles. The van der Waals surface area contributed by atoms with E-state index in [-0.39, 0.29) is 35.7 Å². The van der Waals surface area contributed by atoms with Crippen LogP contribution in [0.3, 0.4) is 0 Å². The Bertz CT molecular complexity index is 435. The molecule has 1 aromatic carbocycles. The van der Waals surface area contributed by atoms with Gasteiger partial charge in [0.25, 0.3) is 5.91 Å². The Kier molecular flexibility index (Phi) is 6.25. The Morgan fingerprint density at radius 1 is 1.42 bits per heavy atom. The van der Waals surface area contributed by atoms with Crippen molar-refractivity contribution >= 4 is 17.5 Å². The van der Waals surface area contributed by atoms with Crippen LogP contribution in [0.1, 0.15) is 37.0 Å². The van der Waals surface area contributed by atoms with Crippen molar-refractivity contribution in [3.63, 3.8) is 0 Å². The van der Waals surface area contributed by atoms with Crippen LogP contribution in [0.4, 0.5) is 4.39 Å². The number of hydrogen-bond donors (Lipinski definition) is 1. The van der Waals surface area contributed by atoms with Gasteiger partial charge in [0.1, 0.15) is 5.82 Å². The molecule has 0 fully saturated rings. The third-order valence-corrected chi connectivity index (χ3v) is 3.46. The van der Waals surface area contributed by atoms with Gasteiger partial charge in [-0.3, -0.25) is 4.79 Å². The number of aliphatic hydroxyl groups excluding tert-OH is 1. The van der Waals surface area contributed by atoms with Crippen LogP contribution < -0.4 is 0 Å². The molecule has 0 aliphatic carbocycles. The lowest BCUT2D eigenvalue weighted by atomic mass is 10.1. The highest BCUT2D eigenvalue weighted by Crippen LogP contribution is 2.21. The van der Waals surface area contributed by atoms with Gasteiger partial charge in [0, 0.05) is 12.6 Å². The van der Waals surface area contributed by atoms with Gasteiger partial charge in [-0.15, -0.1) is 0 Å². The molecule has 0 spiro atoms. The summed E-state index contributed by atoms with van der Waals surface area (Å²) in [6.45, 7) is 4.11. The maximum absolute atomic E-state index is 13.0. The van der Waals surface area contributed by atoms with E-state index in [1.807, 2.05) is 13.8 Å². The van der Waals surface area contributed by atoms with Gasteiger partial charge < -0.3 is 10.0 Å². The first kappa shape index (κ1) is 15.9. The molecular formula is C14H19ClFNO2. The van der Waals surface area contributed by atoms with Crippen LogP contribution in [0.2, 0.25) is 5.02 Å². The second-order valence-electron chi connectivity index (χ2n) is 4.32. The molecule has 0 unspecified atom stereocenters. The van der Waals surface area contributed by atoms with Crippen molar-refractivity contribution in [1.82, 2.24) is 4.90 Å². The van der Waals surface area contributed by atoms with Crippen LogP contribution in [-0.2, 0) is 0 Å². The molecule has 1 amide bonds. The maximum Gasteiger partial charge on any atom is 0.255 e. The summed E-state index contributed by atoms with van der Waals surface area (Å²) in [4.78, 5) is 14.0. The maximum atomic E-state index is 13.0. The number of rotatable bonds is 6. The molecule has 0 saturated carbocycles. The standard InChI is InChI=1S/C14H19ClFNO2/c1-3-11(4-2)17(7-8-18)14(19)12-6-5-10(16)9-13(12)15/h5-6,9,11,18H,3-4,7-8H2,1-2H3. The Morgan fingerprint density at radius 2 is 2.05 bits per heavy atom. The van der Waals surface area contributed by atoms with E-state index in [0.717, 1.165) is 18.9 Å². The molecule has 5 heteroatoms. The highest BCUT2D eigenvalue weighted by atomic mass is 35.5. The highest BCUT2D eigenvalue weighted by molar-refractivity contribution is 6.33. The zero-order valence-corrected chi connectivity index (χ0v) is 12.0. The number of nitrogens with zero attached hydrogens (tertiary/aromatic N) is 1. The zero-order chi connectivity index (χ0) is 14.4. The van der Waals surface area contributed by atoms with E-state index >= 15 is 0 Å². The molecule has 1 rings (SSSR count). The van der Waals surface area contributed by atoms with Crippen LogP contribution in [-0.4, -0.2) is 35.1 Å². The topological polar surface area (TPSA) is 40.5 Å². The van der Waals surface area contributed by atoms with Crippen molar-refractivity contribution in [3.05, 3.63) is 34.6 Å². The van der Waals surface area contributed by atoms with Gasteiger partial charge >= 0.3 is 0 Å². The summed E-state index contributed by atoms with van der Waals surface area (Å²) in [7, 11) is 0. The summed E-state index contributed by atoms with van der Waals surface area (Å²) in [5.41, 5.74) is 0.267. The first-order valence-corrected chi connectivity index (χ1v) is 6.79. The fraction of sp³-hybridized carbons (Fsp3) is 0.500. The number of carbonyl (C=O) groups is 1. The number of aliphatic hydroxyl groups is 1. The van der Waals surface area contributed by atoms with Crippen LogP contribution in [0.5, 0.6) is 0 Å². The van der Waals surface area contributed by atoms with Gasteiger partial charge in [0.15, 0.2) is 0 Å². The van der Waals surface area contributed by atoms with Crippen molar-refractivity contribution < 1.29 is 14.3 Å². The number of amides is 1. The fourth-order valence-corrected chi connectivity index (χ4v) is 2.35. The van der Waals surface area contributed by atoms with Crippen LogP contribution in [0, 0.1) is 5.82 Å². The van der Waals surface area contributed by atoms with Gasteiger partial charge in [-0.1, -0.05) is 25.4 Å².